The SMILES string of the molecule is CB(C#N)CC1OCCc2ccc3c(c21)OC(F)(F)O3. The summed E-state index contributed by atoms with van der Waals surface area (Å²) in [5.74, 6) is 2.19. The monoisotopic (exact) mass is 279 g/mol. The molecule has 4 nitrogen and oxygen atoms in total. The summed E-state index contributed by atoms with van der Waals surface area (Å²) in [6.45, 7) is 2.04. The van der Waals surface area contributed by atoms with Crippen molar-refractivity contribution in [3.8, 4) is 17.5 Å². The second-order valence-corrected chi connectivity index (χ2v) is 5.01. The first-order chi connectivity index (χ1) is 9.50. The van der Waals surface area contributed by atoms with Crippen molar-refractivity contribution in [2.24, 2.45) is 0 Å². The Labute approximate surface area is 115 Å². The van der Waals surface area contributed by atoms with Crippen LogP contribution in [0.3, 0.4) is 0 Å². The Kier molecular flexibility index (Phi) is 3.06. The molecule has 0 amide bonds. The summed E-state index contributed by atoms with van der Waals surface area (Å²) in [6, 6.07) is 3.25. The Morgan fingerprint density at radius 1 is 1.45 bits per heavy atom. The number of nitrogens with zero attached hydrogens (tertiary/aromatic N) is 1. The molecule has 20 heavy (non-hydrogen) atoms. The number of rotatable bonds is 2. The zero-order valence-corrected chi connectivity index (χ0v) is 10.9. The number of hydrogen-bond donors (Lipinski definition) is 0. The lowest BCUT2D eigenvalue weighted by molar-refractivity contribution is -0.287. The Morgan fingerprint density at radius 2 is 2.25 bits per heavy atom. The highest BCUT2D eigenvalue weighted by Gasteiger charge is 2.46. The molecule has 0 aromatic heterocycles. The lowest BCUT2D eigenvalue weighted by atomic mass is 9.49. The van der Waals surface area contributed by atoms with E-state index in [1.165, 1.54) is 6.07 Å². The van der Waals surface area contributed by atoms with Crippen LogP contribution in [0.25, 0.3) is 0 Å². The fraction of sp³-hybridized carbons (Fsp3) is 0.462. The zero-order chi connectivity index (χ0) is 14.3. The first kappa shape index (κ1) is 13.2. The number of alkyl halides is 2. The topological polar surface area (TPSA) is 51.5 Å². The minimum absolute atomic E-state index is 0.0221. The number of ether oxygens (including phenoxy) is 3. The van der Waals surface area contributed by atoms with Gasteiger partial charge >= 0.3 is 6.29 Å². The van der Waals surface area contributed by atoms with Gasteiger partial charge in [-0.2, -0.15) is 0 Å². The van der Waals surface area contributed by atoms with E-state index in [1.807, 2.05) is 0 Å². The fourth-order valence-corrected chi connectivity index (χ4v) is 2.60. The quantitative estimate of drug-likeness (QED) is 0.781. The maximum absolute atomic E-state index is 13.2. The van der Waals surface area contributed by atoms with Gasteiger partial charge in [0.1, 0.15) is 0 Å². The van der Waals surface area contributed by atoms with Gasteiger partial charge in [-0.05, 0) is 24.4 Å². The maximum Gasteiger partial charge on any atom is 0.586 e. The average Bonchev–Trinajstić information content (AvgIpc) is 2.72. The molecule has 1 unspecified atom stereocenters. The van der Waals surface area contributed by atoms with Crippen molar-refractivity contribution in [3.05, 3.63) is 23.3 Å². The molecule has 1 aromatic rings. The lowest BCUT2D eigenvalue weighted by Crippen LogP contribution is -2.27. The molecule has 0 saturated heterocycles. The van der Waals surface area contributed by atoms with Crippen LogP contribution in [-0.2, 0) is 11.2 Å². The summed E-state index contributed by atoms with van der Waals surface area (Å²) >= 11 is 0. The van der Waals surface area contributed by atoms with E-state index < -0.39 is 12.4 Å². The number of benzene rings is 1. The van der Waals surface area contributed by atoms with Crippen LogP contribution in [0.2, 0.25) is 13.1 Å². The molecule has 3 rings (SSSR count). The van der Waals surface area contributed by atoms with E-state index in [9.17, 15) is 8.78 Å². The summed E-state index contributed by atoms with van der Waals surface area (Å²) in [6.07, 6.45) is -2.98. The minimum Gasteiger partial charge on any atom is -0.395 e. The van der Waals surface area contributed by atoms with Crippen LogP contribution in [0.15, 0.2) is 12.1 Å². The van der Waals surface area contributed by atoms with Gasteiger partial charge in [-0.3, -0.25) is 0 Å². The molecular weight excluding hydrogens is 267 g/mol. The summed E-state index contributed by atoms with van der Waals surface area (Å²) in [7, 11) is 0. The van der Waals surface area contributed by atoms with E-state index in [0.717, 1.165) is 5.56 Å². The van der Waals surface area contributed by atoms with Crippen LogP contribution in [0.4, 0.5) is 8.78 Å². The summed E-state index contributed by atoms with van der Waals surface area (Å²) < 4.78 is 41.2. The van der Waals surface area contributed by atoms with Gasteiger partial charge in [0.25, 0.3) is 6.71 Å². The van der Waals surface area contributed by atoms with Gasteiger partial charge in [0.05, 0.1) is 12.7 Å². The second-order valence-electron chi connectivity index (χ2n) is 5.01. The zero-order valence-electron chi connectivity index (χ0n) is 10.9. The van der Waals surface area contributed by atoms with E-state index >= 15 is 0 Å². The van der Waals surface area contributed by atoms with Crippen molar-refractivity contribution in [2.75, 3.05) is 6.61 Å². The molecule has 104 valence electrons. The first-order valence-electron chi connectivity index (χ1n) is 6.43. The highest BCUT2D eigenvalue weighted by Crippen LogP contribution is 2.49. The summed E-state index contributed by atoms with van der Waals surface area (Å²) in [5, 5.41) is 8.91. The van der Waals surface area contributed by atoms with E-state index in [1.54, 1.807) is 12.9 Å². The van der Waals surface area contributed by atoms with Crippen molar-refractivity contribution < 1.29 is 23.0 Å². The molecule has 0 spiro atoms. The highest BCUT2D eigenvalue weighted by atomic mass is 19.3. The minimum atomic E-state index is -3.64. The van der Waals surface area contributed by atoms with Crippen molar-refractivity contribution >= 4 is 6.71 Å². The normalized spacial score (nSPS) is 22.0. The predicted molar refractivity (Wildman–Crippen MR) is 67.1 cm³/mol. The van der Waals surface area contributed by atoms with Crippen molar-refractivity contribution in [1.82, 2.24) is 0 Å². The van der Waals surface area contributed by atoms with Gasteiger partial charge < -0.3 is 14.2 Å². The number of fused-ring (bicyclic) bond motifs is 3. The van der Waals surface area contributed by atoms with Gasteiger partial charge in [-0.1, -0.05) is 12.9 Å². The molecule has 1 aromatic carbocycles. The lowest BCUT2D eigenvalue weighted by Gasteiger charge is -2.27. The van der Waals surface area contributed by atoms with Crippen molar-refractivity contribution in [2.45, 2.75) is 32.0 Å². The van der Waals surface area contributed by atoms with Gasteiger partial charge in [0.2, 0.25) is 0 Å². The van der Waals surface area contributed by atoms with Gasteiger partial charge in [-0.25, -0.2) is 5.26 Å². The molecule has 0 fully saturated rings. The fourth-order valence-electron chi connectivity index (χ4n) is 2.60. The number of hydrogen-bond acceptors (Lipinski definition) is 4. The van der Waals surface area contributed by atoms with Crippen LogP contribution in [0, 0.1) is 11.2 Å². The van der Waals surface area contributed by atoms with Crippen LogP contribution in [0.5, 0.6) is 11.5 Å². The summed E-state index contributed by atoms with van der Waals surface area (Å²) in [4.78, 5) is 0. The molecule has 1 atom stereocenters. The number of halogens is 2. The molecule has 0 bridgehead atoms. The molecule has 2 aliphatic rings. The molecule has 0 N–H and O–H groups in total. The van der Waals surface area contributed by atoms with Crippen LogP contribution >= 0.6 is 0 Å². The average molecular weight is 279 g/mol. The molecule has 7 heteroatoms. The first-order valence-corrected chi connectivity index (χ1v) is 6.43. The molecule has 2 aliphatic heterocycles. The molecular formula is C13H12BF2NO3. The van der Waals surface area contributed by atoms with Gasteiger partial charge in [0, 0.05) is 11.5 Å². The molecule has 0 saturated carbocycles. The molecule has 2 heterocycles. The molecule has 0 radical (unpaired) electrons. The standard InChI is InChI=1S/C13H12BF2NO3/c1-14(7-17)6-10-11-8(4-5-18-10)2-3-9-12(11)20-13(15,16)19-9/h2-3,10H,4-6H2,1H3. The van der Waals surface area contributed by atoms with Crippen molar-refractivity contribution in [1.29, 1.82) is 5.26 Å². The number of nitriles is 1. The third-order valence-corrected chi connectivity index (χ3v) is 3.50. The highest BCUT2D eigenvalue weighted by molar-refractivity contribution is 6.65. The molecule has 0 aliphatic carbocycles. The smallest absolute Gasteiger partial charge is 0.395 e. The van der Waals surface area contributed by atoms with Crippen LogP contribution in [0.1, 0.15) is 17.2 Å². The predicted octanol–water partition coefficient (Wildman–Crippen LogP) is 2.81. The Morgan fingerprint density at radius 3 is 3.00 bits per heavy atom. The van der Waals surface area contributed by atoms with Crippen LogP contribution in [-0.4, -0.2) is 19.6 Å². The second kappa shape index (κ2) is 4.63. The van der Waals surface area contributed by atoms with Gasteiger partial charge in [-0.15, -0.1) is 8.78 Å². The maximum atomic E-state index is 13.2. The van der Waals surface area contributed by atoms with E-state index in [-0.39, 0.29) is 18.2 Å². The Bertz CT molecular complexity index is 588. The van der Waals surface area contributed by atoms with E-state index in [2.05, 4.69) is 15.4 Å². The van der Waals surface area contributed by atoms with E-state index in [0.29, 0.717) is 24.9 Å². The third kappa shape index (κ3) is 2.20. The summed E-state index contributed by atoms with van der Waals surface area (Å²) in [5.41, 5.74) is 1.50. The van der Waals surface area contributed by atoms with Gasteiger partial charge in [0.15, 0.2) is 11.5 Å². The van der Waals surface area contributed by atoms with E-state index in [4.69, 9.17) is 10.00 Å². The Balaban J connectivity index is 2.01. The van der Waals surface area contributed by atoms with Crippen LogP contribution < -0.4 is 9.47 Å². The third-order valence-electron chi connectivity index (χ3n) is 3.50. The largest absolute Gasteiger partial charge is 0.586 e. The Hall–Kier alpha value is -1.81. The van der Waals surface area contributed by atoms with Crippen molar-refractivity contribution in [3.63, 3.8) is 0 Å².